The summed E-state index contributed by atoms with van der Waals surface area (Å²) >= 11 is 0. The Hall–Kier alpha value is -2.98. The fraction of sp³-hybridized carbons (Fsp3) is 0.381. The van der Waals surface area contributed by atoms with Crippen molar-refractivity contribution in [1.29, 1.82) is 0 Å². The van der Waals surface area contributed by atoms with Crippen molar-refractivity contribution >= 4 is 23.3 Å². The van der Waals surface area contributed by atoms with Gasteiger partial charge in [0.05, 0.1) is 5.56 Å². The maximum Gasteiger partial charge on any atom is 0.416 e. The van der Waals surface area contributed by atoms with E-state index in [1.165, 1.54) is 24.4 Å². The van der Waals surface area contributed by atoms with Crippen LogP contribution in [-0.2, 0) is 28.6 Å². The number of fused-ring (bicyclic) bond motifs is 1. The number of aryl methyl sites for hydroxylation is 3. The molecule has 1 aromatic carbocycles. The van der Waals surface area contributed by atoms with Crippen LogP contribution >= 0.6 is 0 Å². The average molecular weight is 435 g/mol. The number of anilines is 2. The van der Waals surface area contributed by atoms with Crippen LogP contribution in [0, 0.1) is 6.92 Å². The van der Waals surface area contributed by atoms with Crippen LogP contribution in [-0.4, -0.2) is 52.3 Å². The van der Waals surface area contributed by atoms with Crippen molar-refractivity contribution in [3.05, 3.63) is 52.7 Å². The van der Waals surface area contributed by atoms with Crippen molar-refractivity contribution < 1.29 is 33.0 Å². The van der Waals surface area contributed by atoms with Gasteiger partial charge in [0.1, 0.15) is 18.0 Å². The van der Waals surface area contributed by atoms with Gasteiger partial charge in [-0.25, -0.2) is 4.98 Å². The van der Waals surface area contributed by atoms with E-state index in [2.05, 4.69) is 4.98 Å². The number of pyridine rings is 1. The van der Waals surface area contributed by atoms with Gasteiger partial charge in [-0.1, -0.05) is 6.07 Å². The van der Waals surface area contributed by atoms with Crippen LogP contribution in [0.1, 0.15) is 22.4 Å². The fourth-order valence-corrected chi connectivity index (χ4v) is 3.92. The summed E-state index contributed by atoms with van der Waals surface area (Å²) in [5, 5.41) is 20.5. The molecule has 0 unspecified atom stereocenters. The van der Waals surface area contributed by atoms with Gasteiger partial charge in [0.2, 0.25) is 0 Å². The number of aromatic nitrogens is 1. The van der Waals surface area contributed by atoms with E-state index in [0.717, 1.165) is 24.5 Å². The molecule has 164 valence electrons. The van der Waals surface area contributed by atoms with E-state index in [1.54, 1.807) is 6.07 Å². The Kier molecular flexibility index (Phi) is 5.01. The molecular formula is C21H20F3N3O4. The summed E-state index contributed by atoms with van der Waals surface area (Å²) in [5.74, 6) is -2.31. The van der Waals surface area contributed by atoms with Crippen LogP contribution in [0.15, 0.2) is 30.3 Å². The van der Waals surface area contributed by atoms with Crippen molar-refractivity contribution in [3.63, 3.8) is 0 Å². The summed E-state index contributed by atoms with van der Waals surface area (Å²) < 4.78 is 39.8. The first-order valence-corrected chi connectivity index (χ1v) is 9.63. The Bertz CT molecular complexity index is 1070. The molecule has 3 atom stereocenters. The van der Waals surface area contributed by atoms with Gasteiger partial charge in [0, 0.05) is 18.4 Å². The van der Waals surface area contributed by atoms with E-state index in [4.69, 9.17) is 0 Å². The van der Waals surface area contributed by atoms with E-state index >= 15 is 0 Å². The molecule has 2 aliphatic rings. The number of hydrogen-bond acceptors (Lipinski definition) is 5. The minimum Gasteiger partial charge on any atom is -0.387 e. The molecule has 0 radical (unpaired) electrons. The van der Waals surface area contributed by atoms with E-state index in [-0.39, 0.29) is 5.69 Å². The second-order valence-corrected chi connectivity index (χ2v) is 7.79. The van der Waals surface area contributed by atoms with Crippen LogP contribution in [0.3, 0.4) is 0 Å². The Labute approximate surface area is 175 Å². The number of rotatable bonds is 3. The quantitative estimate of drug-likeness (QED) is 0.764. The minimum absolute atomic E-state index is 0.0320. The third-order valence-electron chi connectivity index (χ3n) is 5.75. The zero-order valence-electron chi connectivity index (χ0n) is 16.7. The number of carbonyl (C=O) groups is 2. The van der Waals surface area contributed by atoms with Gasteiger partial charge in [-0.2, -0.15) is 13.2 Å². The first kappa shape index (κ1) is 21.3. The van der Waals surface area contributed by atoms with Crippen molar-refractivity contribution in [1.82, 2.24) is 4.98 Å². The van der Waals surface area contributed by atoms with Crippen molar-refractivity contribution in [2.45, 2.75) is 44.2 Å². The number of aliphatic hydroxyl groups excluding tert-OH is 2. The zero-order chi connectivity index (χ0) is 22.7. The second kappa shape index (κ2) is 7.31. The SMILES string of the molecule is Cc1cc(C(F)(F)F)cc(N2C(=O)[C@H](O)[C@H](O)[C@H]2C(=O)N(C)c2ccc3c(c2)CC3)n1. The highest BCUT2D eigenvalue weighted by Crippen LogP contribution is 2.35. The third-order valence-corrected chi connectivity index (χ3v) is 5.75. The predicted molar refractivity (Wildman–Crippen MR) is 105 cm³/mol. The lowest BCUT2D eigenvalue weighted by molar-refractivity contribution is -0.137. The molecular weight excluding hydrogens is 415 g/mol. The van der Waals surface area contributed by atoms with Crippen LogP contribution < -0.4 is 9.80 Å². The largest absolute Gasteiger partial charge is 0.416 e. The molecule has 2 aromatic rings. The normalized spacial score (nSPS) is 22.9. The van der Waals surface area contributed by atoms with E-state index in [9.17, 15) is 33.0 Å². The minimum atomic E-state index is -4.70. The molecule has 10 heteroatoms. The highest BCUT2D eigenvalue weighted by molar-refractivity contribution is 6.10. The highest BCUT2D eigenvalue weighted by atomic mass is 19.4. The molecule has 2 amide bonds. The van der Waals surface area contributed by atoms with Gasteiger partial charge in [0.15, 0.2) is 6.10 Å². The first-order chi connectivity index (χ1) is 14.5. The number of benzene rings is 1. The van der Waals surface area contributed by atoms with E-state index in [1.807, 2.05) is 12.1 Å². The molecule has 1 aliphatic heterocycles. The molecule has 4 rings (SSSR count). The number of likely N-dealkylation sites (N-methyl/N-ethyl adjacent to an activating group) is 1. The van der Waals surface area contributed by atoms with E-state index in [0.29, 0.717) is 16.7 Å². The summed E-state index contributed by atoms with van der Waals surface area (Å²) in [5.41, 5.74) is 1.67. The average Bonchev–Trinajstić information content (AvgIpc) is 2.90. The Morgan fingerprint density at radius 3 is 2.42 bits per heavy atom. The topological polar surface area (TPSA) is 94.0 Å². The molecule has 0 saturated carbocycles. The lowest BCUT2D eigenvalue weighted by Crippen LogP contribution is -2.50. The van der Waals surface area contributed by atoms with Crippen LogP contribution in [0.5, 0.6) is 0 Å². The number of amides is 2. The van der Waals surface area contributed by atoms with Gasteiger partial charge >= 0.3 is 6.18 Å². The monoisotopic (exact) mass is 435 g/mol. The van der Waals surface area contributed by atoms with Crippen LogP contribution in [0.25, 0.3) is 0 Å². The van der Waals surface area contributed by atoms with E-state index < -0.39 is 47.6 Å². The standard InChI is InChI=1S/C21H20F3N3O4/c1-10-7-13(21(22,23)24)9-15(25-10)27-16(17(28)18(29)20(27)31)19(30)26(2)14-6-5-11-3-4-12(11)8-14/h5-9,16-18,28-29H,3-4H2,1-2H3/t16-,17+,18+/m0/s1. The fourth-order valence-electron chi connectivity index (χ4n) is 3.92. The summed E-state index contributed by atoms with van der Waals surface area (Å²) in [6.07, 6.45) is -6.68. The molecule has 0 spiro atoms. The van der Waals surface area contributed by atoms with Crippen molar-refractivity contribution in [3.8, 4) is 0 Å². The number of aliphatic hydroxyl groups is 2. The first-order valence-electron chi connectivity index (χ1n) is 9.63. The lowest BCUT2D eigenvalue weighted by atomic mass is 9.88. The Morgan fingerprint density at radius 2 is 1.84 bits per heavy atom. The number of carbonyl (C=O) groups excluding carboxylic acids is 2. The maximum absolute atomic E-state index is 13.3. The second-order valence-electron chi connectivity index (χ2n) is 7.79. The summed E-state index contributed by atoms with van der Waals surface area (Å²) in [6.45, 7) is 1.32. The third kappa shape index (κ3) is 3.55. The van der Waals surface area contributed by atoms with Crippen molar-refractivity contribution in [2.75, 3.05) is 16.8 Å². The van der Waals surface area contributed by atoms with Crippen LogP contribution in [0.4, 0.5) is 24.7 Å². The zero-order valence-corrected chi connectivity index (χ0v) is 16.7. The number of nitrogens with zero attached hydrogens (tertiary/aromatic N) is 3. The number of halogens is 3. The molecule has 1 saturated heterocycles. The summed E-state index contributed by atoms with van der Waals surface area (Å²) in [6, 6.07) is 5.20. The van der Waals surface area contributed by atoms with Gasteiger partial charge < -0.3 is 15.1 Å². The summed E-state index contributed by atoms with van der Waals surface area (Å²) in [7, 11) is 1.44. The molecule has 1 fully saturated rings. The smallest absolute Gasteiger partial charge is 0.387 e. The molecule has 1 aliphatic carbocycles. The highest BCUT2D eigenvalue weighted by Gasteiger charge is 2.52. The molecule has 0 bridgehead atoms. The molecule has 2 N–H and O–H groups in total. The van der Waals surface area contributed by atoms with Gasteiger partial charge in [-0.15, -0.1) is 0 Å². The summed E-state index contributed by atoms with van der Waals surface area (Å²) in [4.78, 5) is 31.6. The van der Waals surface area contributed by atoms with Crippen LogP contribution in [0.2, 0.25) is 0 Å². The number of alkyl halides is 3. The van der Waals surface area contributed by atoms with Gasteiger partial charge in [-0.05, 0) is 55.2 Å². The molecule has 7 nitrogen and oxygen atoms in total. The lowest BCUT2D eigenvalue weighted by Gasteiger charge is -2.30. The Balaban J connectivity index is 1.73. The Morgan fingerprint density at radius 1 is 1.16 bits per heavy atom. The van der Waals surface area contributed by atoms with Gasteiger partial charge in [-0.3, -0.25) is 14.5 Å². The predicted octanol–water partition coefficient (Wildman–Crippen LogP) is 1.61. The van der Waals surface area contributed by atoms with Crippen molar-refractivity contribution in [2.24, 2.45) is 0 Å². The molecule has 1 aromatic heterocycles. The number of hydrogen-bond donors (Lipinski definition) is 2. The molecule has 2 heterocycles. The molecule has 31 heavy (non-hydrogen) atoms. The van der Waals surface area contributed by atoms with Gasteiger partial charge in [0.25, 0.3) is 11.8 Å². The maximum atomic E-state index is 13.3.